The molecule has 0 radical (unpaired) electrons. The highest BCUT2D eigenvalue weighted by atomic mass is 35.5. The number of benzene rings is 2. The van der Waals surface area contributed by atoms with Crippen molar-refractivity contribution in [3.05, 3.63) is 59.1 Å². The third-order valence-electron chi connectivity index (χ3n) is 3.52. The molecule has 1 aromatic heterocycles. The summed E-state index contributed by atoms with van der Waals surface area (Å²) in [5.74, 6) is 0.488. The number of halogens is 1. The maximum atomic E-state index is 5.86. The van der Waals surface area contributed by atoms with Gasteiger partial charge >= 0.3 is 6.01 Å². The first-order valence-electron chi connectivity index (χ1n) is 7.39. The number of nitrogens with one attached hydrogen (secondary N) is 1. The summed E-state index contributed by atoms with van der Waals surface area (Å²) in [7, 11) is 0. The zero-order chi connectivity index (χ0) is 16.4. The van der Waals surface area contributed by atoms with Crippen LogP contribution in [0.2, 0.25) is 5.02 Å². The van der Waals surface area contributed by atoms with Crippen molar-refractivity contribution < 1.29 is 4.42 Å². The molecule has 3 aromatic rings. The number of nitrogens with zero attached hydrogens (tertiary/aromatic N) is 2. The van der Waals surface area contributed by atoms with Crippen LogP contribution in [-0.2, 0) is 5.41 Å². The molecule has 0 aliphatic heterocycles. The van der Waals surface area contributed by atoms with Gasteiger partial charge < -0.3 is 9.73 Å². The van der Waals surface area contributed by atoms with Gasteiger partial charge in [0, 0.05) is 16.3 Å². The molecule has 2 aromatic carbocycles. The summed E-state index contributed by atoms with van der Waals surface area (Å²) < 4.78 is 5.66. The summed E-state index contributed by atoms with van der Waals surface area (Å²) in [6.45, 7) is 6.55. The highest BCUT2D eigenvalue weighted by Crippen LogP contribution is 2.27. The molecule has 0 aliphatic rings. The number of aromatic nitrogens is 2. The van der Waals surface area contributed by atoms with E-state index in [1.807, 2.05) is 24.3 Å². The van der Waals surface area contributed by atoms with Gasteiger partial charge in [-0.05, 0) is 47.4 Å². The van der Waals surface area contributed by atoms with E-state index in [-0.39, 0.29) is 5.41 Å². The monoisotopic (exact) mass is 327 g/mol. The van der Waals surface area contributed by atoms with Crippen molar-refractivity contribution in [1.82, 2.24) is 10.2 Å². The SMILES string of the molecule is CC(C)(C)c1ccc(-c2nnc(Nc3ccc(Cl)cc3)o2)cc1. The van der Waals surface area contributed by atoms with Crippen LogP contribution >= 0.6 is 11.6 Å². The van der Waals surface area contributed by atoms with Crippen molar-refractivity contribution in [3.8, 4) is 11.5 Å². The highest BCUT2D eigenvalue weighted by molar-refractivity contribution is 6.30. The normalized spacial score (nSPS) is 11.5. The Morgan fingerprint density at radius 1 is 0.913 bits per heavy atom. The summed E-state index contributed by atoms with van der Waals surface area (Å²) >= 11 is 5.86. The third-order valence-corrected chi connectivity index (χ3v) is 3.77. The lowest BCUT2D eigenvalue weighted by Gasteiger charge is -2.18. The van der Waals surface area contributed by atoms with Crippen LogP contribution in [-0.4, -0.2) is 10.2 Å². The Bertz CT molecular complexity index is 786. The van der Waals surface area contributed by atoms with Crippen LogP contribution in [0.1, 0.15) is 26.3 Å². The number of hydrogen-bond donors (Lipinski definition) is 1. The lowest BCUT2D eigenvalue weighted by Crippen LogP contribution is -2.10. The summed E-state index contributed by atoms with van der Waals surface area (Å²) in [4.78, 5) is 0. The fraction of sp³-hybridized carbons (Fsp3) is 0.222. The molecule has 0 saturated heterocycles. The standard InChI is InChI=1S/C18H18ClN3O/c1-18(2,3)13-6-4-12(5-7-13)16-21-22-17(23-16)20-15-10-8-14(19)9-11-15/h4-11H,1-3H3,(H,20,22). The minimum atomic E-state index is 0.120. The van der Waals surface area contributed by atoms with Crippen LogP contribution in [0.3, 0.4) is 0 Å². The van der Waals surface area contributed by atoms with Crippen molar-refractivity contribution in [2.45, 2.75) is 26.2 Å². The van der Waals surface area contributed by atoms with Crippen LogP contribution in [0.15, 0.2) is 52.9 Å². The molecular formula is C18H18ClN3O. The van der Waals surface area contributed by atoms with Crippen molar-refractivity contribution in [3.63, 3.8) is 0 Å². The maximum Gasteiger partial charge on any atom is 0.320 e. The fourth-order valence-corrected chi connectivity index (χ4v) is 2.29. The first kappa shape index (κ1) is 15.6. The number of anilines is 2. The molecular weight excluding hydrogens is 310 g/mol. The molecule has 3 rings (SSSR count). The van der Waals surface area contributed by atoms with Gasteiger partial charge in [-0.15, -0.1) is 5.10 Å². The Morgan fingerprint density at radius 3 is 2.17 bits per heavy atom. The molecule has 1 heterocycles. The highest BCUT2D eigenvalue weighted by Gasteiger charge is 2.14. The molecule has 23 heavy (non-hydrogen) atoms. The smallest absolute Gasteiger partial charge is 0.320 e. The summed E-state index contributed by atoms with van der Waals surface area (Å²) in [5.41, 5.74) is 3.12. The zero-order valence-corrected chi connectivity index (χ0v) is 14.1. The van der Waals surface area contributed by atoms with E-state index < -0.39 is 0 Å². The molecule has 0 unspecified atom stereocenters. The second kappa shape index (κ2) is 6.05. The van der Waals surface area contributed by atoms with E-state index in [9.17, 15) is 0 Å². The lowest BCUT2D eigenvalue weighted by atomic mass is 9.87. The Balaban J connectivity index is 1.77. The molecule has 0 spiro atoms. The second-order valence-corrected chi connectivity index (χ2v) is 6.81. The van der Waals surface area contributed by atoms with E-state index in [4.69, 9.17) is 16.0 Å². The molecule has 118 valence electrons. The van der Waals surface area contributed by atoms with Gasteiger partial charge in [0.25, 0.3) is 0 Å². The van der Waals surface area contributed by atoms with Gasteiger partial charge in [-0.25, -0.2) is 0 Å². The van der Waals surface area contributed by atoms with E-state index in [1.165, 1.54) is 5.56 Å². The van der Waals surface area contributed by atoms with Crippen LogP contribution < -0.4 is 5.32 Å². The lowest BCUT2D eigenvalue weighted by molar-refractivity contribution is 0.584. The van der Waals surface area contributed by atoms with E-state index in [0.717, 1.165) is 11.3 Å². The first-order chi connectivity index (χ1) is 10.9. The summed E-state index contributed by atoms with van der Waals surface area (Å²) in [5, 5.41) is 11.8. The van der Waals surface area contributed by atoms with Gasteiger partial charge in [0.1, 0.15) is 0 Å². The van der Waals surface area contributed by atoms with E-state index in [1.54, 1.807) is 12.1 Å². The van der Waals surface area contributed by atoms with Gasteiger partial charge in [-0.3, -0.25) is 0 Å². The molecule has 0 atom stereocenters. The maximum absolute atomic E-state index is 5.86. The molecule has 0 aliphatic carbocycles. The third kappa shape index (κ3) is 3.71. The fourth-order valence-electron chi connectivity index (χ4n) is 2.16. The van der Waals surface area contributed by atoms with Crippen molar-refractivity contribution in [2.24, 2.45) is 0 Å². The number of hydrogen-bond acceptors (Lipinski definition) is 4. The second-order valence-electron chi connectivity index (χ2n) is 6.37. The molecule has 0 saturated carbocycles. The van der Waals surface area contributed by atoms with Gasteiger partial charge in [-0.1, -0.05) is 49.6 Å². The van der Waals surface area contributed by atoms with Crippen molar-refractivity contribution in [2.75, 3.05) is 5.32 Å². The van der Waals surface area contributed by atoms with E-state index >= 15 is 0 Å². The molecule has 1 N–H and O–H groups in total. The van der Waals surface area contributed by atoms with Gasteiger partial charge in [0.2, 0.25) is 5.89 Å². The zero-order valence-electron chi connectivity index (χ0n) is 13.3. The molecule has 0 bridgehead atoms. The topological polar surface area (TPSA) is 51.0 Å². The largest absolute Gasteiger partial charge is 0.403 e. The Labute approximate surface area is 140 Å². The summed E-state index contributed by atoms with van der Waals surface area (Å²) in [6.07, 6.45) is 0. The average molecular weight is 328 g/mol. The van der Waals surface area contributed by atoms with Crippen LogP contribution in [0.25, 0.3) is 11.5 Å². The van der Waals surface area contributed by atoms with Crippen LogP contribution in [0, 0.1) is 0 Å². The predicted molar refractivity (Wildman–Crippen MR) is 93.2 cm³/mol. The first-order valence-corrected chi connectivity index (χ1v) is 7.77. The van der Waals surface area contributed by atoms with Crippen LogP contribution in [0.5, 0.6) is 0 Å². The minimum absolute atomic E-state index is 0.120. The summed E-state index contributed by atoms with van der Waals surface area (Å²) in [6, 6.07) is 15.8. The Morgan fingerprint density at radius 2 is 1.57 bits per heavy atom. The number of rotatable bonds is 3. The molecule has 0 fully saturated rings. The van der Waals surface area contributed by atoms with Crippen molar-refractivity contribution >= 4 is 23.3 Å². The average Bonchev–Trinajstić information content (AvgIpc) is 2.97. The molecule has 5 heteroatoms. The van der Waals surface area contributed by atoms with Crippen LogP contribution in [0.4, 0.5) is 11.7 Å². The van der Waals surface area contributed by atoms with Gasteiger partial charge in [0.05, 0.1) is 0 Å². The predicted octanol–water partition coefficient (Wildman–Crippen LogP) is 5.43. The van der Waals surface area contributed by atoms with E-state index in [0.29, 0.717) is 16.9 Å². The van der Waals surface area contributed by atoms with Gasteiger partial charge in [0.15, 0.2) is 0 Å². The van der Waals surface area contributed by atoms with Crippen molar-refractivity contribution in [1.29, 1.82) is 0 Å². The molecule has 0 amide bonds. The van der Waals surface area contributed by atoms with Gasteiger partial charge in [-0.2, -0.15) is 0 Å². The molecule has 4 nitrogen and oxygen atoms in total. The Kier molecular flexibility index (Phi) is 4.09. The quantitative estimate of drug-likeness (QED) is 0.696. The van der Waals surface area contributed by atoms with E-state index in [2.05, 4.69) is 48.4 Å². The Hall–Kier alpha value is -2.33. The minimum Gasteiger partial charge on any atom is -0.403 e.